The van der Waals surface area contributed by atoms with E-state index in [9.17, 15) is 4.79 Å². The highest BCUT2D eigenvalue weighted by Gasteiger charge is 2.26. The van der Waals surface area contributed by atoms with E-state index in [1.54, 1.807) is 26.2 Å². The van der Waals surface area contributed by atoms with Crippen molar-refractivity contribution < 1.29 is 23.7 Å². The van der Waals surface area contributed by atoms with Crippen molar-refractivity contribution in [3.8, 4) is 11.5 Å². The number of methoxy groups -OCH3 is 1. The summed E-state index contributed by atoms with van der Waals surface area (Å²) in [6, 6.07) is 3.54. The second kappa shape index (κ2) is 5.05. The quantitative estimate of drug-likeness (QED) is 0.748. The summed E-state index contributed by atoms with van der Waals surface area (Å²) in [6.07, 6.45) is 0. The number of hydrogen-bond donors (Lipinski definition) is 0. The van der Waals surface area contributed by atoms with E-state index < -0.39 is 5.97 Å². The number of esters is 1. The van der Waals surface area contributed by atoms with Crippen LogP contribution in [-0.4, -0.2) is 26.5 Å². The third-order valence-electron chi connectivity index (χ3n) is 2.40. The van der Waals surface area contributed by atoms with Crippen LogP contribution in [0.5, 0.6) is 11.5 Å². The van der Waals surface area contributed by atoms with E-state index in [-0.39, 0.29) is 6.79 Å². The van der Waals surface area contributed by atoms with Crippen LogP contribution in [-0.2, 0) is 16.1 Å². The van der Waals surface area contributed by atoms with Crippen molar-refractivity contribution in [2.45, 2.75) is 13.5 Å². The predicted molar refractivity (Wildman–Crippen MR) is 59.2 cm³/mol. The summed E-state index contributed by atoms with van der Waals surface area (Å²) >= 11 is 0. The SMILES string of the molecule is CCOC(=O)c1c(COC)ccc2c1OCO2. The molecule has 1 aromatic carbocycles. The standard InChI is InChI=1S/C12H14O5/c1-3-15-12(13)10-8(6-14-2)4-5-9-11(10)17-7-16-9/h4-5H,3,6-7H2,1-2H3. The number of hydrogen-bond acceptors (Lipinski definition) is 5. The summed E-state index contributed by atoms with van der Waals surface area (Å²) in [5, 5.41) is 0. The van der Waals surface area contributed by atoms with Gasteiger partial charge in [0, 0.05) is 7.11 Å². The first kappa shape index (κ1) is 11.7. The molecule has 0 saturated carbocycles. The number of carbonyl (C=O) groups is 1. The molecule has 0 unspecified atom stereocenters. The molecule has 0 spiro atoms. The number of carbonyl (C=O) groups excluding carboxylic acids is 1. The van der Waals surface area contributed by atoms with Gasteiger partial charge < -0.3 is 18.9 Å². The first-order chi connectivity index (χ1) is 8.27. The van der Waals surface area contributed by atoms with Gasteiger partial charge in [-0.05, 0) is 18.6 Å². The largest absolute Gasteiger partial charge is 0.462 e. The van der Waals surface area contributed by atoms with Gasteiger partial charge in [-0.25, -0.2) is 4.79 Å². The van der Waals surface area contributed by atoms with Crippen molar-refractivity contribution in [1.29, 1.82) is 0 Å². The highest BCUT2D eigenvalue weighted by molar-refractivity contribution is 5.95. The van der Waals surface area contributed by atoms with Crippen molar-refractivity contribution in [3.05, 3.63) is 23.3 Å². The average Bonchev–Trinajstić information content (AvgIpc) is 2.77. The summed E-state index contributed by atoms with van der Waals surface area (Å²) in [5.74, 6) is 0.591. The van der Waals surface area contributed by atoms with Crippen molar-refractivity contribution in [2.24, 2.45) is 0 Å². The predicted octanol–water partition coefficient (Wildman–Crippen LogP) is 1.74. The van der Waals surface area contributed by atoms with Crippen molar-refractivity contribution in [2.75, 3.05) is 20.5 Å². The molecule has 0 amide bonds. The van der Waals surface area contributed by atoms with Crippen LogP contribution in [0, 0.1) is 0 Å². The maximum absolute atomic E-state index is 11.9. The fraction of sp³-hybridized carbons (Fsp3) is 0.417. The lowest BCUT2D eigenvalue weighted by Crippen LogP contribution is -2.10. The molecule has 1 heterocycles. The van der Waals surface area contributed by atoms with E-state index >= 15 is 0 Å². The summed E-state index contributed by atoms with van der Waals surface area (Å²) in [7, 11) is 1.57. The fourth-order valence-electron chi connectivity index (χ4n) is 1.72. The third kappa shape index (κ3) is 2.19. The molecule has 2 rings (SSSR count). The monoisotopic (exact) mass is 238 g/mol. The van der Waals surface area contributed by atoms with E-state index in [2.05, 4.69) is 0 Å². The lowest BCUT2D eigenvalue weighted by molar-refractivity contribution is 0.0516. The van der Waals surface area contributed by atoms with Gasteiger partial charge in [-0.2, -0.15) is 0 Å². The van der Waals surface area contributed by atoms with Crippen LogP contribution >= 0.6 is 0 Å². The number of rotatable bonds is 4. The molecule has 0 atom stereocenters. The van der Waals surface area contributed by atoms with Crippen molar-refractivity contribution in [1.82, 2.24) is 0 Å². The van der Waals surface area contributed by atoms with Crippen LogP contribution in [0.25, 0.3) is 0 Å². The summed E-state index contributed by atoms with van der Waals surface area (Å²) < 4.78 is 20.6. The maximum Gasteiger partial charge on any atom is 0.342 e. The highest BCUT2D eigenvalue weighted by Crippen LogP contribution is 2.38. The zero-order chi connectivity index (χ0) is 12.3. The first-order valence-electron chi connectivity index (χ1n) is 5.35. The smallest absolute Gasteiger partial charge is 0.342 e. The van der Waals surface area contributed by atoms with E-state index in [0.717, 1.165) is 5.56 Å². The van der Waals surface area contributed by atoms with Gasteiger partial charge in [0.05, 0.1) is 13.2 Å². The lowest BCUT2D eigenvalue weighted by atomic mass is 10.1. The molecule has 0 radical (unpaired) electrons. The molecular weight excluding hydrogens is 224 g/mol. The molecule has 1 aliphatic heterocycles. The van der Waals surface area contributed by atoms with Gasteiger partial charge in [0.1, 0.15) is 5.56 Å². The maximum atomic E-state index is 11.9. The Morgan fingerprint density at radius 2 is 2.24 bits per heavy atom. The van der Waals surface area contributed by atoms with Crippen LogP contribution in [0.1, 0.15) is 22.8 Å². The Bertz CT molecular complexity index is 427. The minimum atomic E-state index is -0.415. The Morgan fingerprint density at radius 3 is 2.94 bits per heavy atom. The molecule has 1 aliphatic rings. The van der Waals surface area contributed by atoms with Gasteiger partial charge >= 0.3 is 5.97 Å². The van der Waals surface area contributed by atoms with E-state index in [0.29, 0.717) is 30.3 Å². The second-order valence-corrected chi connectivity index (χ2v) is 3.49. The zero-order valence-corrected chi connectivity index (χ0v) is 9.82. The van der Waals surface area contributed by atoms with E-state index in [4.69, 9.17) is 18.9 Å². The van der Waals surface area contributed by atoms with Gasteiger partial charge in [-0.15, -0.1) is 0 Å². The zero-order valence-electron chi connectivity index (χ0n) is 9.82. The van der Waals surface area contributed by atoms with Gasteiger partial charge in [-0.1, -0.05) is 6.07 Å². The normalized spacial score (nSPS) is 12.6. The molecule has 5 nitrogen and oxygen atoms in total. The molecule has 0 N–H and O–H groups in total. The molecular formula is C12H14O5. The van der Waals surface area contributed by atoms with Crippen LogP contribution in [0.4, 0.5) is 0 Å². The summed E-state index contributed by atoms with van der Waals surface area (Å²) in [6.45, 7) is 2.52. The molecule has 5 heteroatoms. The molecule has 0 aromatic heterocycles. The molecule has 92 valence electrons. The topological polar surface area (TPSA) is 54.0 Å². The van der Waals surface area contributed by atoms with Crippen LogP contribution in [0.15, 0.2) is 12.1 Å². The average molecular weight is 238 g/mol. The first-order valence-corrected chi connectivity index (χ1v) is 5.35. The van der Waals surface area contributed by atoms with Crippen LogP contribution < -0.4 is 9.47 Å². The van der Waals surface area contributed by atoms with E-state index in [1.807, 2.05) is 0 Å². The molecule has 0 fully saturated rings. The molecule has 0 aliphatic carbocycles. The Labute approximate surface area is 99.2 Å². The minimum Gasteiger partial charge on any atom is -0.462 e. The molecule has 0 saturated heterocycles. The fourth-order valence-corrected chi connectivity index (χ4v) is 1.72. The Kier molecular flexibility index (Phi) is 3.49. The van der Waals surface area contributed by atoms with Crippen molar-refractivity contribution in [3.63, 3.8) is 0 Å². The lowest BCUT2D eigenvalue weighted by Gasteiger charge is -2.10. The number of ether oxygens (including phenoxy) is 4. The van der Waals surface area contributed by atoms with E-state index in [1.165, 1.54) is 0 Å². The van der Waals surface area contributed by atoms with Crippen LogP contribution in [0.2, 0.25) is 0 Å². The number of benzene rings is 1. The summed E-state index contributed by atoms with van der Waals surface area (Å²) in [5.41, 5.74) is 1.12. The highest BCUT2D eigenvalue weighted by atomic mass is 16.7. The molecule has 0 bridgehead atoms. The molecule has 1 aromatic rings. The number of fused-ring (bicyclic) bond motifs is 1. The minimum absolute atomic E-state index is 0.123. The van der Waals surface area contributed by atoms with Gasteiger partial charge in [-0.3, -0.25) is 0 Å². The van der Waals surface area contributed by atoms with Crippen LogP contribution in [0.3, 0.4) is 0 Å². The Balaban J connectivity index is 2.44. The second-order valence-electron chi connectivity index (χ2n) is 3.49. The Hall–Kier alpha value is -1.75. The van der Waals surface area contributed by atoms with Crippen molar-refractivity contribution >= 4 is 5.97 Å². The molecule has 17 heavy (non-hydrogen) atoms. The summed E-state index contributed by atoms with van der Waals surface area (Å²) in [4.78, 5) is 11.9. The van der Waals surface area contributed by atoms with Gasteiger partial charge in [0.2, 0.25) is 6.79 Å². The third-order valence-corrected chi connectivity index (χ3v) is 2.40. The van der Waals surface area contributed by atoms with Gasteiger partial charge in [0.15, 0.2) is 11.5 Å². The Morgan fingerprint density at radius 1 is 1.41 bits per heavy atom. The van der Waals surface area contributed by atoms with Gasteiger partial charge in [0.25, 0.3) is 0 Å².